The van der Waals surface area contributed by atoms with Crippen LogP contribution in [0.25, 0.3) is 38.5 Å². The Morgan fingerprint density at radius 1 is 0.909 bits per heavy atom. The molecule has 6 nitrogen and oxygen atoms in total. The molecular weight excluding hydrogens is 568 g/mol. The van der Waals surface area contributed by atoms with E-state index in [1.54, 1.807) is 16.7 Å². The molecule has 0 aliphatic carbocycles. The number of rotatable bonds is 6. The molecule has 5 aromatic rings. The summed E-state index contributed by atoms with van der Waals surface area (Å²) < 4.78 is 1.72. The van der Waals surface area contributed by atoms with Crippen LogP contribution in [0.1, 0.15) is 46.1 Å². The SMILES string of the molecule is C=C(C)N1CCN(c2nc(=O)n(-c3ccccc3CCC)c3cc(-c4cc(O)cc5ccccc45)c(Cl)cc23)CC1.CCC. The van der Waals surface area contributed by atoms with Gasteiger partial charge in [-0.15, -0.1) is 0 Å². The zero-order chi connectivity index (χ0) is 31.4. The summed E-state index contributed by atoms with van der Waals surface area (Å²) >= 11 is 7.05. The number of phenolic OH excluding ortho intramolecular Hbond substituents is 1. The van der Waals surface area contributed by atoms with Crippen LogP contribution < -0.4 is 10.6 Å². The van der Waals surface area contributed by atoms with Gasteiger partial charge in [0, 0.05) is 47.8 Å². The van der Waals surface area contributed by atoms with E-state index in [4.69, 9.17) is 11.6 Å². The Balaban J connectivity index is 0.00000123. The van der Waals surface area contributed by atoms with Gasteiger partial charge in [0.25, 0.3) is 0 Å². The molecule has 6 rings (SSSR count). The number of allylic oxidation sites excluding steroid dienone is 1. The second kappa shape index (κ2) is 13.6. The predicted molar refractivity (Wildman–Crippen MR) is 186 cm³/mol. The van der Waals surface area contributed by atoms with E-state index in [0.29, 0.717) is 10.8 Å². The lowest BCUT2D eigenvalue weighted by Gasteiger charge is -2.37. The predicted octanol–water partition coefficient (Wildman–Crippen LogP) is 8.59. The van der Waals surface area contributed by atoms with Crippen molar-refractivity contribution in [1.29, 1.82) is 0 Å². The van der Waals surface area contributed by atoms with E-state index in [-0.39, 0.29) is 11.4 Å². The molecule has 0 saturated carbocycles. The average molecular weight is 609 g/mol. The number of para-hydroxylation sites is 1. The average Bonchev–Trinajstić information content (AvgIpc) is 3.01. The monoisotopic (exact) mass is 608 g/mol. The van der Waals surface area contributed by atoms with Crippen molar-refractivity contribution in [2.75, 3.05) is 31.1 Å². The number of halogens is 1. The molecule has 0 unspecified atom stereocenters. The number of hydrogen-bond donors (Lipinski definition) is 1. The number of phenols is 1. The molecule has 1 N–H and O–H groups in total. The molecule has 0 radical (unpaired) electrons. The van der Waals surface area contributed by atoms with Gasteiger partial charge < -0.3 is 14.9 Å². The minimum absolute atomic E-state index is 0.159. The molecule has 44 heavy (non-hydrogen) atoms. The molecule has 1 fully saturated rings. The molecule has 4 aromatic carbocycles. The van der Waals surface area contributed by atoms with Crippen molar-refractivity contribution < 1.29 is 5.11 Å². The van der Waals surface area contributed by atoms with Crippen molar-refractivity contribution in [3.63, 3.8) is 0 Å². The van der Waals surface area contributed by atoms with Crippen molar-refractivity contribution in [2.24, 2.45) is 0 Å². The Morgan fingerprint density at radius 3 is 2.30 bits per heavy atom. The van der Waals surface area contributed by atoms with Gasteiger partial charge in [-0.25, -0.2) is 4.79 Å². The summed E-state index contributed by atoms with van der Waals surface area (Å²) in [6.45, 7) is 15.6. The van der Waals surface area contributed by atoms with E-state index >= 15 is 0 Å². The van der Waals surface area contributed by atoms with Crippen LogP contribution in [-0.4, -0.2) is 45.7 Å². The van der Waals surface area contributed by atoms with E-state index in [9.17, 15) is 9.90 Å². The normalized spacial score (nSPS) is 13.2. The molecule has 1 saturated heterocycles. The molecule has 0 atom stereocenters. The topological polar surface area (TPSA) is 61.6 Å². The number of piperazine rings is 1. The smallest absolute Gasteiger partial charge is 0.354 e. The molecule has 0 spiro atoms. The molecular formula is C37H41ClN4O2. The lowest BCUT2D eigenvalue weighted by molar-refractivity contribution is 0.323. The van der Waals surface area contributed by atoms with Crippen LogP contribution in [-0.2, 0) is 6.42 Å². The van der Waals surface area contributed by atoms with E-state index in [1.807, 2.05) is 61.5 Å². The van der Waals surface area contributed by atoms with Gasteiger partial charge in [0.15, 0.2) is 0 Å². The maximum atomic E-state index is 14.0. The molecule has 1 aliphatic rings. The highest BCUT2D eigenvalue weighted by Gasteiger charge is 2.24. The summed E-state index contributed by atoms with van der Waals surface area (Å²) in [6.07, 6.45) is 3.04. The summed E-state index contributed by atoms with van der Waals surface area (Å²) in [5.41, 5.74) is 4.91. The van der Waals surface area contributed by atoms with Gasteiger partial charge in [-0.3, -0.25) is 4.57 Å². The van der Waals surface area contributed by atoms with Crippen molar-refractivity contribution in [3.05, 3.63) is 106 Å². The van der Waals surface area contributed by atoms with Gasteiger partial charge in [-0.05, 0) is 65.6 Å². The van der Waals surface area contributed by atoms with Gasteiger partial charge >= 0.3 is 5.69 Å². The molecule has 0 amide bonds. The lowest BCUT2D eigenvalue weighted by Crippen LogP contribution is -2.46. The van der Waals surface area contributed by atoms with E-state index in [1.165, 1.54) is 6.42 Å². The van der Waals surface area contributed by atoms with Gasteiger partial charge in [0.1, 0.15) is 11.6 Å². The minimum Gasteiger partial charge on any atom is -0.508 e. The summed E-state index contributed by atoms with van der Waals surface area (Å²) in [6, 6.07) is 23.3. The lowest BCUT2D eigenvalue weighted by atomic mass is 9.96. The van der Waals surface area contributed by atoms with Crippen molar-refractivity contribution >= 4 is 39.1 Å². The molecule has 1 aliphatic heterocycles. The van der Waals surface area contributed by atoms with Gasteiger partial charge in [0.2, 0.25) is 0 Å². The second-order valence-corrected chi connectivity index (χ2v) is 11.8. The number of anilines is 1. The maximum Gasteiger partial charge on any atom is 0.354 e. The van der Waals surface area contributed by atoms with Crippen molar-refractivity contribution in [1.82, 2.24) is 14.5 Å². The fraction of sp³-hybridized carbons (Fsp3) is 0.297. The number of hydrogen-bond acceptors (Lipinski definition) is 5. The third kappa shape index (κ3) is 6.18. The Hall–Kier alpha value is -4.29. The number of fused-ring (bicyclic) bond motifs is 2. The van der Waals surface area contributed by atoms with Crippen LogP contribution >= 0.6 is 11.6 Å². The first kappa shape index (κ1) is 31.1. The first-order valence-electron chi connectivity index (χ1n) is 15.5. The Labute approximate surface area is 264 Å². The summed E-state index contributed by atoms with van der Waals surface area (Å²) in [5, 5.41) is 13.8. The first-order chi connectivity index (χ1) is 21.3. The standard InChI is InChI=1S/C34H33ClN4O2.C3H8/c1-4-9-23-10-6-8-13-31(23)39-32-21-28(27-19-25(40)18-24-11-5-7-12-26(24)27)30(35)20-29(32)33(36-34(39)41)38-16-14-37(15-17-38)22(2)3;1-3-2/h5-8,10-13,18-21,40H,2,4,9,14-17H2,1,3H3;3H2,1-2H3. The van der Waals surface area contributed by atoms with Crippen LogP contribution in [0.3, 0.4) is 0 Å². The maximum absolute atomic E-state index is 14.0. The third-order valence-corrected chi connectivity index (χ3v) is 8.28. The number of benzene rings is 4. The largest absolute Gasteiger partial charge is 0.508 e. The third-order valence-electron chi connectivity index (χ3n) is 7.97. The Bertz CT molecular complexity index is 1870. The highest BCUT2D eigenvalue weighted by Crippen LogP contribution is 2.40. The van der Waals surface area contributed by atoms with E-state index in [0.717, 1.165) is 88.8 Å². The van der Waals surface area contributed by atoms with Gasteiger partial charge in [-0.1, -0.05) is 94.3 Å². The first-order valence-corrected chi connectivity index (χ1v) is 15.9. The second-order valence-electron chi connectivity index (χ2n) is 11.4. The molecule has 7 heteroatoms. The molecule has 228 valence electrons. The van der Waals surface area contributed by atoms with Crippen LogP contribution in [0.5, 0.6) is 5.75 Å². The quantitative estimate of drug-likeness (QED) is 0.209. The molecule has 0 bridgehead atoms. The van der Waals surface area contributed by atoms with Crippen molar-refractivity contribution in [2.45, 2.75) is 47.0 Å². The fourth-order valence-electron chi connectivity index (χ4n) is 5.94. The zero-order valence-electron chi connectivity index (χ0n) is 26.1. The van der Waals surface area contributed by atoms with E-state index < -0.39 is 0 Å². The number of aromatic nitrogens is 2. The highest BCUT2D eigenvalue weighted by molar-refractivity contribution is 6.35. The summed E-state index contributed by atoms with van der Waals surface area (Å²) in [4.78, 5) is 23.0. The van der Waals surface area contributed by atoms with Gasteiger partial charge in [-0.2, -0.15) is 4.98 Å². The number of nitrogens with zero attached hydrogens (tertiary/aromatic N) is 4. The highest BCUT2D eigenvalue weighted by atomic mass is 35.5. The van der Waals surface area contributed by atoms with Crippen molar-refractivity contribution in [3.8, 4) is 22.6 Å². The van der Waals surface area contributed by atoms with Gasteiger partial charge in [0.05, 0.1) is 11.2 Å². The van der Waals surface area contributed by atoms with Crippen LogP contribution in [0.2, 0.25) is 5.02 Å². The summed E-state index contributed by atoms with van der Waals surface area (Å²) in [7, 11) is 0. The number of aromatic hydroxyl groups is 1. The number of aryl methyl sites for hydroxylation is 1. The minimum atomic E-state index is -0.326. The van der Waals surface area contributed by atoms with Crippen LogP contribution in [0.15, 0.2) is 89.9 Å². The fourth-order valence-corrected chi connectivity index (χ4v) is 6.20. The Kier molecular flexibility index (Phi) is 9.60. The van der Waals surface area contributed by atoms with Crippen LogP contribution in [0.4, 0.5) is 5.82 Å². The Morgan fingerprint density at radius 2 is 1.59 bits per heavy atom. The zero-order valence-corrected chi connectivity index (χ0v) is 26.9. The summed E-state index contributed by atoms with van der Waals surface area (Å²) in [5.74, 6) is 0.802. The van der Waals surface area contributed by atoms with Crippen LogP contribution in [0, 0.1) is 0 Å². The molecule has 2 heterocycles. The molecule has 1 aromatic heterocycles. The van der Waals surface area contributed by atoms with E-state index in [2.05, 4.69) is 48.2 Å².